The summed E-state index contributed by atoms with van der Waals surface area (Å²) in [4.78, 5) is 0. The van der Waals surface area contributed by atoms with E-state index in [-0.39, 0.29) is 11.0 Å². The third-order valence-electron chi connectivity index (χ3n) is 3.11. The second-order valence-corrected chi connectivity index (χ2v) is 5.96. The molecule has 0 bridgehead atoms. The third kappa shape index (κ3) is 3.95. The Hall–Kier alpha value is -1.10. The number of hydrogen-bond acceptors (Lipinski definition) is 1. The summed E-state index contributed by atoms with van der Waals surface area (Å²) in [7, 11) is 0. The van der Waals surface area contributed by atoms with Crippen LogP contribution in [0.25, 0.3) is 0 Å². The van der Waals surface area contributed by atoms with Gasteiger partial charge in [0.2, 0.25) is 0 Å². The van der Waals surface area contributed by atoms with Gasteiger partial charge in [-0.3, -0.25) is 0 Å². The smallest absolute Gasteiger partial charge is 0.309 e. The maximum absolute atomic E-state index is 14.2. The van der Waals surface area contributed by atoms with E-state index >= 15 is 0 Å². The van der Waals surface area contributed by atoms with Crippen molar-refractivity contribution in [2.75, 3.05) is 6.54 Å². The van der Waals surface area contributed by atoms with Crippen molar-refractivity contribution in [3.8, 4) is 0 Å². The van der Waals surface area contributed by atoms with Crippen LogP contribution in [0, 0.1) is 11.2 Å². The summed E-state index contributed by atoms with van der Waals surface area (Å²) in [5.74, 6) is -1.18. The van der Waals surface area contributed by atoms with Gasteiger partial charge in [-0.25, -0.2) is 4.39 Å². The summed E-state index contributed by atoms with van der Waals surface area (Å²) in [6.07, 6.45) is -3.85. The van der Waals surface area contributed by atoms with Gasteiger partial charge in [-0.05, 0) is 24.4 Å². The third-order valence-corrected chi connectivity index (χ3v) is 3.11. The Morgan fingerprint density at radius 2 is 1.75 bits per heavy atom. The van der Waals surface area contributed by atoms with Gasteiger partial charge in [-0.2, -0.15) is 13.2 Å². The van der Waals surface area contributed by atoms with Gasteiger partial charge in [0.25, 0.3) is 0 Å². The molecule has 5 heteroatoms. The molecule has 1 aromatic rings. The standard InChI is InChI=1S/C15H21F4N/c1-5-9-20-13(14(2,3)4)10-7-6-8-11(12(10)16)15(17,18)19/h6-8,13,20H,5,9H2,1-4H3. The predicted molar refractivity (Wildman–Crippen MR) is 71.9 cm³/mol. The van der Waals surface area contributed by atoms with Crippen LogP contribution < -0.4 is 5.32 Å². The van der Waals surface area contributed by atoms with Crippen molar-refractivity contribution >= 4 is 0 Å². The molecule has 0 aliphatic heterocycles. The molecule has 1 nitrogen and oxygen atoms in total. The Labute approximate surface area is 117 Å². The minimum Gasteiger partial charge on any atom is -0.309 e. The molecule has 114 valence electrons. The van der Waals surface area contributed by atoms with Crippen molar-refractivity contribution < 1.29 is 17.6 Å². The molecular weight excluding hydrogens is 270 g/mol. The van der Waals surface area contributed by atoms with Gasteiger partial charge in [0.05, 0.1) is 5.56 Å². The Bertz CT molecular complexity index is 446. The molecule has 1 unspecified atom stereocenters. The summed E-state index contributed by atoms with van der Waals surface area (Å²) in [6, 6.07) is 2.99. The average Bonchev–Trinajstić information content (AvgIpc) is 2.28. The molecule has 0 aliphatic rings. The van der Waals surface area contributed by atoms with Crippen LogP contribution in [0.4, 0.5) is 17.6 Å². The lowest BCUT2D eigenvalue weighted by atomic mass is 9.81. The lowest BCUT2D eigenvalue weighted by Crippen LogP contribution is -2.34. The van der Waals surface area contributed by atoms with Gasteiger partial charge in [0, 0.05) is 11.6 Å². The normalized spacial score (nSPS) is 14.4. The molecule has 1 rings (SSSR count). The van der Waals surface area contributed by atoms with Crippen molar-refractivity contribution in [3.63, 3.8) is 0 Å². The number of halogens is 4. The highest BCUT2D eigenvalue weighted by Crippen LogP contribution is 2.38. The molecule has 0 amide bonds. The fourth-order valence-corrected chi connectivity index (χ4v) is 2.16. The zero-order valence-corrected chi connectivity index (χ0v) is 12.2. The van der Waals surface area contributed by atoms with Gasteiger partial charge in [-0.15, -0.1) is 0 Å². The van der Waals surface area contributed by atoms with Gasteiger partial charge in [0.1, 0.15) is 5.82 Å². The van der Waals surface area contributed by atoms with Gasteiger partial charge >= 0.3 is 6.18 Å². The van der Waals surface area contributed by atoms with E-state index in [9.17, 15) is 17.6 Å². The molecule has 1 N–H and O–H groups in total. The summed E-state index contributed by atoms with van der Waals surface area (Å²) in [5.41, 5.74) is -1.52. The van der Waals surface area contributed by atoms with E-state index < -0.39 is 23.6 Å². The minimum atomic E-state index is -4.67. The Kier molecular flexibility index (Phi) is 5.19. The largest absolute Gasteiger partial charge is 0.419 e. The van der Waals surface area contributed by atoms with Crippen molar-refractivity contribution in [1.29, 1.82) is 0 Å². The molecule has 0 aliphatic carbocycles. The van der Waals surface area contributed by atoms with Crippen LogP contribution in [0.15, 0.2) is 18.2 Å². The van der Waals surface area contributed by atoms with Gasteiger partial charge in [0.15, 0.2) is 0 Å². The molecule has 1 aromatic carbocycles. The number of alkyl halides is 3. The minimum absolute atomic E-state index is 0.0702. The monoisotopic (exact) mass is 291 g/mol. The molecule has 0 saturated carbocycles. The van der Waals surface area contributed by atoms with Crippen LogP contribution in [0.1, 0.15) is 51.3 Å². The van der Waals surface area contributed by atoms with Crippen LogP contribution in [-0.4, -0.2) is 6.54 Å². The average molecular weight is 291 g/mol. The molecule has 0 fully saturated rings. The highest BCUT2D eigenvalue weighted by Gasteiger charge is 2.37. The number of benzene rings is 1. The molecule has 1 atom stereocenters. The Morgan fingerprint density at radius 1 is 1.15 bits per heavy atom. The van der Waals surface area contributed by atoms with E-state index in [0.29, 0.717) is 6.54 Å². The molecule has 0 saturated heterocycles. The van der Waals surface area contributed by atoms with Crippen molar-refractivity contribution in [1.82, 2.24) is 5.32 Å². The van der Waals surface area contributed by atoms with Crippen molar-refractivity contribution in [2.24, 2.45) is 5.41 Å². The second-order valence-electron chi connectivity index (χ2n) is 5.96. The van der Waals surface area contributed by atoms with E-state index in [1.807, 2.05) is 27.7 Å². The zero-order chi connectivity index (χ0) is 15.6. The molecule has 0 radical (unpaired) electrons. The van der Waals surface area contributed by atoms with E-state index in [1.165, 1.54) is 12.1 Å². The topological polar surface area (TPSA) is 12.0 Å². The zero-order valence-electron chi connectivity index (χ0n) is 12.2. The number of rotatable bonds is 4. The maximum atomic E-state index is 14.2. The highest BCUT2D eigenvalue weighted by atomic mass is 19.4. The van der Waals surface area contributed by atoms with Gasteiger partial charge in [-0.1, -0.05) is 39.8 Å². The summed E-state index contributed by atoms with van der Waals surface area (Å²) < 4.78 is 52.6. The first-order valence-electron chi connectivity index (χ1n) is 6.68. The summed E-state index contributed by atoms with van der Waals surface area (Å²) in [6.45, 7) is 8.20. The number of hydrogen-bond donors (Lipinski definition) is 1. The van der Waals surface area contributed by atoms with E-state index in [1.54, 1.807) is 0 Å². The lowest BCUT2D eigenvalue weighted by molar-refractivity contribution is -0.140. The van der Waals surface area contributed by atoms with Crippen LogP contribution in [-0.2, 0) is 6.18 Å². The van der Waals surface area contributed by atoms with E-state index in [0.717, 1.165) is 12.5 Å². The molecule has 0 heterocycles. The van der Waals surface area contributed by atoms with Crippen molar-refractivity contribution in [3.05, 3.63) is 35.1 Å². The van der Waals surface area contributed by atoms with E-state index in [4.69, 9.17) is 0 Å². The van der Waals surface area contributed by atoms with E-state index in [2.05, 4.69) is 5.32 Å². The van der Waals surface area contributed by atoms with Crippen LogP contribution in [0.5, 0.6) is 0 Å². The van der Waals surface area contributed by atoms with Crippen LogP contribution in [0.2, 0.25) is 0 Å². The highest BCUT2D eigenvalue weighted by molar-refractivity contribution is 5.31. The second kappa shape index (κ2) is 6.12. The van der Waals surface area contributed by atoms with Crippen LogP contribution in [0.3, 0.4) is 0 Å². The fraction of sp³-hybridized carbons (Fsp3) is 0.600. The van der Waals surface area contributed by atoms with Crippen LogP contribution >= 0.6 is 0 Å². The SMILES string of the molecule is CCCNC(c1cccc(C(F)(F)F)c1F)C(C)(C)C. The molecular formula is C15H21F4N. The lowest BCUT2D eigenvalue weighted by Gasteiger charge is -2.33. The number of nitrogens with one attached hydrogen (secondary N) is 1. The molecule has 0 spiro atoms. The first kappa shape index (κ1) is 17.0. The van der Waals surface area contributed by atoms with Crippen molar-refractivity contribution in [2.45, 2.75) is 46.3 Å². The first-order chi connectivity index (χ1) is 9.09. The summed E-state index contributed by atoms with van der Waals surface area (Å²) in [5, 5.41) is 3.14. The summed E-state index contributed by atoms with van der Waals surface area (Å²) >= 11 is 0. The quantitative estimate of drug-likeness (QED) is 0.775. The molecule has 0 aromatic heterocycles. The Morgan fingerprint density at radius 3 is 2.20 bits per heavy atom. The maximum Gasteiger partial charge on any atom is 0.419 e. The fourth-order valence-electron chi connectivity index (χ4n) is 2.16. The Balaban J connectivity index is 3.28. The first-order valence-corrected chi connectivity index (χ1v) is 6.68. The predicted octanol–water partition coefficient (Wildman–Crippen LogP) is 4.93. The van der Waals surface area contributed by atoms with Gasteiger partial charge < -0.3 is 5.32 Å². The molecule has 20 heavy (non-hydrogen) atoms.